The van der Waals surface area contributed by atoms with E-state index in [0.29, 0.717) is 26.2 Å². The molecule has 9 nitrogen and oxygen atoms in total. The number of hydrogen-bond acceptors (Lipinski definition) is 7. The molecule has 1 aromatic carbocycles. The predicted molar refractivity (Wildman–Crippen MR) is 104 cm³/mol. The molecule has 29 heavy (non-hydrogen) atoms. The van der Waals surface area contributed by atoms with Crippen LogP contribution in [0.2, 0.25) is 0 Å². The molecule has 2 heterocycles. The molecular formula is C20H27N3O6. The predicted octanol–water partition coefficient (Wildman–Crippen LogP) is 0.326. The lowest BCUT2D eigenvalue weighted by molar-refractivity contribution is -0.159. The Labute approximate surface area is 169 Å². The number of methoxy groups -OCH3 is 2. The monoisotopic (exact) mass is 405 g/mol. The van der Waals surface area contributed by atoms with Gasteiger partial charge in [0.15, 0.2) is 0 Å². The minimum absolute atomic E-state index is 0.0561. The molecule has 9 heteroatoms. The van der Waals surface area contributed by atoms with Gasteiger partial charge in [-0.25, -0.2) is 4.79 Å². The molecule has 2 aliphatic heterocycles. The molecule has 0 radical (unpaired) electrons. The van der Waals surface area contributed by atoms with Crippen LogP contribution in [0.4, 0.5) is 10.5 Å². The number of hydrogen-bond donors (Lipinski definition) is 1. The minimum Gasteiger partial charge on any atom is -0.469 e. The Morgan fingerprint density at radius 3 is 2.24 bits per heavy atom. The zero-order chi connectivity index (χ0) is 21.0. The van der Waals surface area contributed by atoms with Crippen LogP contribution in [0.25, 0.3) is 0 Å². The highest BCUT2D eigenvalue weighted by Gasteiger charge is 2.48. The summed E-state index contributed by atoms with van der Waals surface area (Å²) in [6, 6.07) is 8.87. The lowest BCUT2D eigenvalue weighted by Gasteiger charge is -2.44. The number of para-hydroxylation sites is 1. The zero-order valence-corrected chi connectivity index (χ0v) is 16.7. The van der Waals surface area contributed by atoms with Gasteiger partial charge in [-0.3, -0.25) is 14.5 Å². The average molecular weight is 405 g/mol. The summed E-state index contributed by atoms with van der Waals surface area (Å²) in [5, 5.41) is 10.1. The van der Waals surface area contributed by atoms with Gasteiger partial charge in [-0.05, 0) is 18.6 Å². The Kier molecular flexibility index (Phi) is 6.58. The van der Waals surface area contributed by atoms with E-state index in [1.54, 1.807) is 4.90 Å². The summed E-state index contributed by atoms with van der Waals surface area (Å²) in [6.07, 6.45) is -1.63. The molecule has 0 aliphatic carbocycles. The summed E-state index contributed by atoms with van der Waals surface area (Å²) in [4.78, 5) is 42.9. The van der Waals surface area contributed by atoms with E-state index < -0.39 is 30.1 Å². The minimum atomic E-state index is -1.05. The van der Waals surface area contributed by atoms with Crippen molar-refractivity contribution >= 4 is 23.7 Å². The molecule has 0 spiro atoms. The first-order valence-electron chi connectivity index (χ1n) is 9.65. The molecule has 0 unspecified atom stereocenters. The van der Waals surface area contributed by atoms with Crippen LogP contribution in [0.3, 0.4) is 0 Å². The van der Waals surface area contributed by atoms with E-state index >= 15 is 0 Å². The first-order valence-corrected chi connectivity index (χ1v) is 9.65. The maximum absolute atomic E-state index is 13.3. The number of piperidine rings is 1. The van der Waals surface area contributed by atoms with Gasteiger partial charge < -0.3 is 24.4 Å². The van der Waals surface area contributed by atoms with Gasteiger partial charge in [-0.1, -0.05) is 18.2 Å². The fourth-order valence-corrected chi connectivity index (χ4v) is 4.05. The van der Waals surface area contributed by atoms with Crippen molar-refractivity contribution < 1.29 is 29.0 Å². The van der Waals surface area contributed by atoms with Crippen molar-refractivity contribution in [1.82, 2.24) is 9.80 Å². The van der Waals surface area contributed by atoms with Crippen molar-refractivity contribution in [3.05, 3.63) is 30.3 Å². The second-order valence-electron chi connectivity index (χ2n) is 7.23. The number of β-amino-alcohol motifs (C(OH)–C–C–N with tert-alkyl or cyclic N) is 1. The fraction of sp³-hybridized carbons (Fsp3) is 0.550. The number of amides is 2. The highest BCUT2D eigenvalue weighted by molar-refractivity contribution is 5.91. The first kappa shape index (κ1) is 20.9. The number of rotatable bonds is 3. The number of benzene rings is 1. The molecule has 0 aromatic heterocycles. The summed E-state index contributed by atoms with van der Waals surface area (Å²) >= 11 is 0. The maximum Gasteiger partial charge on any atom is 0.410 e. The van der Waals surface area contributed by atoms with Gasteiger partial charge in [0.1, 0.15) is 6.04 Å². The third-order valence-corrected chi connectivity index (χ3v) is 5.53. The highest BCUT2D eigenvalue weighted by Crippen LogP contribution is 2.28. The van der Waals surface area contributed by atoms with Crippen molar-refractivity contribution in [3.63, 3.8) is 0 Å². The largest absolute Gasteiger partial charge is 0.469 e. The Hall–Kier alpha value is -2.81. The number of anilines is 1. The fourth-order valence-electron chi connectivity index (χ4n) is 4.05. The summed E-state index contributed by atoms with van der Waals surface area (Å²) in [5.74, 6) is -1.90. The summed E-state index contributed by atoms with van der Waals surface area (Å²) in [7, 11) is 2.43. The number of ether oxygens (including phenoxy) is 2. The van der Waals surface area contributed by atoms with E-state index in [9.17, 15) is 19.5 Å². The van der Waals surface area contributed by atoms with Crippen LogP contribution in [0.5, 0.6) is 0 Å². The number of piperazine rings is 1. The molecule has 0 bridgehead atoms. The lowest BCUT2D eigenvalue weighted by Crippen LogP contribution is -2.63. The molecule has 1 N–H and O–H groups in total. The van der Waals surface area contributed by atoms with Gasteiger partial charge in [0.25, 0.3) is 0 Å². The van der Waals surface area contributed by atoms with Gasteiger partial charge in [0.2, 0.25) is 5.91 Å². The molecule has 2 aliphatic rings. The van der Waals surface area contributed by atoms with Crippen LogP contribution in [-0.4, -0.2) is 92.0 Å². The Morgan fingerprint density at radius 2 is 1.66 bits per heavy atom. The Balaban J connectivity index is 1.76. The number of nitrogens with zero attached hydrogens (tertiary/aromatic N) is 3. The quantitative estimate of drug-likeness (QED) is 0.723. The van der Waals surface area contributed by atoms with E-state index in [2.05, 4.69) is 4.90 Å². The number of carbonyl (C=O) groups excluding carboxylic acids is 3. The normalized spacial score (nSPS) is 24.8. The number of likely N-dealkylation sites (tertiary alicyclic amines) is 1. The maximum atomic E-state index is 13.3. The number of esters is 1. The van der Waals surface area contributed by atoms with Crippen molar-refractivity contribution in [3.8, 4) is 0 Å². The van der Waals surface area contributed by atoms with Gasteiger partial charge in [-0.15, -0.1) is 0 Å². The van der Waals surface area contributed by atoms with Crippen LogP contribution in [-0.2, 0) is 19.1 Å². The van der Waals surface area contributed by atoms with E-state index in [-0.39, 0.29) is 18.9 Å². The standard InChI is InChI=1S/C20H27N3O6/c1-28-19(26)16-12-15(24)13-23(20(27)29-2)17(16)18(25)22-10-8-21(9-11-22)14-6-4-3-5-7-14/h3-7,15-17,24H,8-13H2,1-2H3/t15-,16+,17+/m1/s1. The molecular weight excluding hydrogens is 378 g/mol. The van der Waals surface area contributed by atoms with Crippen LogP contribution >= 0.6 is 0 Å². The number of aliphatic hydroxyl groups is 1. The Morgan fingerprint density at radius 1 is 1.00 bits per heavy atom. The molecule has 158 valence electrons. The van der Waals surface area contributed by atoms with E-state index in [0.717, 1.165) is 10.6 Å². The van der Waals surface area contributed by atoms with Crippen molar-refractivity contribution in [2.75, 3.05) is 51.8 Å². The Bertz CT molecular complexity index is 709. The third kappa shape index (κ3) is 4.45. The molecule has 2 saturated heterocycles. The molecule has 2 amide bonds. The summed E-state index contributed by atoms with van der Waals surface area (Å²) < 4.78 is 9.62. The second kappa shape index (κ2) is 9.13. The number of aliphatic hydroxyl groups excluding tert-OH is 1. The number of carbonyl (C=O) groups is 3. The first-order chi connectivity index (χ1) is 14.0. The third-order valence-electron chi connectivity index (χ3n) is 5.53. The van der Waals surface area contributed by atoms with Crippen molar-refractivity contribution in [2.24, 2.45) is 5.92 Å². The van der Waals surface area contributed by atoms with Crippen LogP contribution in [0.1, 0.15) is 6.42 Å². The highest BCUT2D eigenvalue weighted by atomic mass is 16.5. The molecule has 1 aromatic rings. The molecule has 2 fully saturated rings. The zero-order valence-electron chi connectivity index (χ0n) is 16.7. The summed E-state index contributed by atoms with van der Waals surface area (Å²) in [6.45, 7) is 2.16. The van der Waals surface area contributed by atoms with Crippen LogP contribution < -0.4 is 4.90 Å². The molecule has 0 saturated carbocycles. The smallest absolute Gasteiger partial charge is 0.410 e. The molecule has 3 atom stereocenters. The van der Waals surface area contributed by atoms with E-state index in [1.165, 1.54) is 14.2 Å². The van der Waals surface area contributed by atoms with Gasteiger partial charge >= 0.3 is 12.1 Å². The van der Waals surface area contributed by atoms with Crippen LogP contribution in [0.15, 0.2) is 30.3 Å². The van der Waals surface area contributed by atoms with Crippen LogP contribution in [0, 0.1) is 5.92 Å². The summed E-state index contributed by atoms with van der Waals surface area (Å²) in [5.41, 5.74) is 1.09. The second-order valence-corrected chi connectivity index (χ2v) is 7.23. The van der Waals surface area contributed by atoms with E-state index in [1.807, 2.05) is 30.3 Å². The van der Waals surface area contributed by atoms with Gasteiger partial charge in [-0.2, -0.15) is 0 Å². The van der Waals surface area contributed by atoms with Crippen molar-refractivity contribution in [1.29, 1.82) is 0 Å². The average Bonchev–Trinajstić information content (AvgIpc) is 2.77. The lowest BCUT2D eigenvalue weighted by atomic mass is 9.86. The van der Waals surface area contributed by atoms with Gasteiger partial charge in [0, 0.05) is 31.9 Å². The van der Waals surface area contributed by atoms with E-state index in [4.69, 9.17) is 9.47 Å². The molecule has 3 rings (SSSR count). The topological polar surface area (TPSA) is 99.6 Å². The SMILES string of the molecule is COC(=O)[C@H]1C[C@@H](O)CN(C(=O)OC)[C@@H]1C(=O)N1CCN(c2ccccc2)CC1. The van der Waals surface area contributed by atoms with Crippen molar-refractivity contribution in [2.45, 2.75) is 18.6 Å². The van der Waals surface area contributed by atoms with Gasteiger partial charge in [0.05, 0.1) is 32.8 Å².